The lowest BCUT2D eigenvalue weighted by Crippen LogP contribution is -2.42. The Morgan fingerprint density at radius 2 is 2.05 bits per heavy atom. The van der Waals surface area contributed by atoms with Crippen LogP contribution in [0.1, 0.15) is 57.1 Å². The second-order valence-electron chi connectivity index (χ2n) is 5.76. The molecule has 0 bridgehead atoms. The number of likely N-dealkylation sites (tertiary alicyclic amines) is 1. The van der Waals surface area contributed by atoms with Gasteiger partial charge in [-0.25, -0.2) is 0 Å². The van der Waals surface area contributed by atoms with Crippen LogP contribution in [0.15, 0.2) is 24.5 Å². The summed E-state index contributed by atoms with van der Waals surface area (Å²) in [7, 11) is 0. The normalized spacial score (nSPS) is 18.6. The van der Waals surface area contributed by atoms with Gasteiger partial charge in [-0.15, -0.1) is 0 Å². The number of pyridine rings is 1. The minimum absolute atomic E-state index is 0.00756. The zero-order valence-corrected chi connectivity index (χ0v) is 13.3. The molecule has 1 aliphatic rings. The maximum atomic E-state index is 12.5. The van der Waals surface area contributed by atoms with Crippen LogP contribution in [0.25, 0.3) is 0 Å². The SMILES string of the molecule is CCCC(=O)NCC(=O)N1CCCCCC1c1ccncc1. The summed E-state index contributed by atoms with van der Waals surface area (Å²) in [5.74, 6) is -0.0423. The van der Waals surface area contributed by atoms with Crippen molar-refractivity contribution in [1.29, 1.82) is 0 Å². The van der Waals surface area contributed by atoms with E-state index in [-0.39, 0.29) is 24.4 Å². The van der Waals surface area contributed by atoms with Crippen molar-refractivity contribution in [1.82, 2.24) is 15.2 Å². The predicted molar refractivity (Wildman–Crippen MR) is 85.1 cm³/mol. The van der Waals surface area contributed by atoms with Crippen LogP contribution in [0.4, 0.5) is 0 Å². The highest BCUT2D eigenvalue weighted by molar-refractivity contribution is 5.85. The fraction of sp³-hybridized carbons (Fsp3) is 0.588. The number of nitrogens with one attached hydrogen (secondary N) is 1. The molecule has 2 amide bonds. The van der Waals surface area contributed by atoms with E-state index < -0.39 is 0 Å². The number of hydrogen-bond acceptors (Lipinski definition) is 3. The summed E-state index contributed by atoms with van der Waals surface area (Å²) in [6, 6.07) is 4.05. The number of aromatic nitrogens is 1. The summed E-state index contributed by atoms with van der Waals surface area (Å²) in [6.07, 6.45) is 9.07. The van der Waals surface area contributed by atoms with Gasteiger partial charge < -0.3 is 10.2 Å². The highest BCUT2D eigenvalue weighted by atomic mass is 16.2. The second-order valence-corrected chi connectivity index (χ2v) is 5.76. The van der Waals surface area contributed by atoms with Gasteiger partial charge in [0, 0.05) is 25.4 Å². The lowest BCUT2D eigenvalue weighted by Gasteiger charge is -2.30. The van der Waals surface area contributed by atoms with Crippen molar-refractivity contribution in [3.63, 3.8) is 0 Å². The Morgan fingerprint density at radius 1 is 1.27 bits per heavy atom. The van der Waals surface area contributed by atoms with Gasteiger partial charge in [-0.2, -0.15) is 0 Å². The molecule has 0 saturated carbocycles. The Labute approximate surface area is 132 Å². The fourth-order valence-electron chi connectivity index (χ4n) is 2.93. The van der Waals surface area contributed by atoms with Crippen molar-refractivity contribution in [3.8, 4) is 0 Å². The molecule has 22 heavy (non-hydrogen) atoms. The average Bonchev–Trinajstić information content (AvgIpc) is 2.79. The van der Waals surface area contributed by atoms with E-state index in [1.807, 2.05) is 24.0 Å². The van der Waals surface area contributed by atoms with E-state index in [4.69, 9.17) is 0 Å². The molecule has 0 spiro atoms. The van der Waals surface area contributed by atoms with Crippen molar-refractivity contribution in [2.24, 2.45) is 0 Å². The smallest absolute Gasteiger partial charge is 0.242 e. The molecule has 2 rings (SSSR count). The molecule has 5 heteroatoms. The third-order valence-corrected chi connectivity index (χ3v) is 4.08. The van der Waals surface area contributed by atoms with Crippen LogP contribution in [0.3, 0.4) is 0 Å². The number of rotatable bonds is 5. The topological polar surface area (TPSA) is 62.3 Å². The first-order chi connectivity index (χ1) is 10.7. The van der Waals surface area contributed by atoms with Crippen molar-refractivity contribution in [2.45, 2.75) is 51.5 Å². The zero-order chi connectivity index (χ0) is 15.8. The monoisotopic (exact) mass is 303 g/mol. The summed E-state index contributed by atoms with van der Waals surface area (Å²) < 4.78 is 0. The highest BCUT2D eigenvalue weighted by Crippen LogP contribution is 2.29. The van der Waals surface area contributed by atoms with E-state index in [0.717, 1.165) is 44.2 Å². The van der Waals surface area contributed by atoms with Gasteiger partial charge in [0.25, 0.3) is 0 Å². The lowest BCUT2D eigenvalue weighted by molar-refractivity contribution is -0.135. The molecule has 1 N–H and O–H groups in total. The number of nitrogens with zero attached hydrogens (tertiary/aromatic N) is 2. The summed E-state index contributed by atoms with van der Waals surface area (Å²) in [6.45, 7) is 2.81. The van der Waals surface area contributed by atoms with Crippen LogP contribution in [-0.2, 0) is 9.59 Å². The third kappa shape index (κ3) is 4.55. The first-order valence-corrected chi connectivity index (χ1v) is 8.18. The first kappa shape index (κ1) is 16.5. The van der Waals surface area contributed by atoms with Gasteiger partial charge >= 0.3 is 0 Å². The minimum Gasteiger partial charge on any atom is -0.347 e. The van der Waals surface area contributed by atoms with Crippen molar-refractivity contribution < 1.29 is 9.59 Å². The molecule has 0 radical (unpaired) electrons. The molecule has 2 heterocycles. The van der Waals surface area contributed by atoms with Gasteiger partial charge in [0.2, 0.25) is 11.8 Å². The summed E-state index contributed by atoms with van der Waals surface area (Å²) in [5, 5.41) is 2.73. The Hall–Kier alpha value is -1.91. The number of amides is 2. The van der Waals surface area contributed by atoms with Crippen molar-refractivity contribution >= 4 is 11.8 Å². The molecule has 1 atom stereocenters. The molecule has 1 aromatic rings. The lowest BCUT2D eigenvalue weighted by atomic mass is 10.0. The quantitative estimate of drug-likeness (QED) is 0.909. The van der Waals surface area contributed by atoms with E-state index in [1.54, 1.807) is 12.4 Å². The number of carbonyl (C=O) groups is 2. The zero-order valence-electron chi connectivity index (χ0n) is 13.3. The summed E-state index contributed by atoms with van der Waals surface area (Å²) in [4.78, 5) is 30.1. The van der Waals surface area contributed by atoms with Gasteiger partial charge in [0.1, 0.15) is 0 Å². The van der Waals surface area contributed by atoms with Crippen LogP contribution < -0.4 is 5.32 Å². The Kier molecular flexibility index (Phi) is 6.37. The average molecular weight is 303 g/mol. The predicted octanol–water partition coefficient (Wildman–Crippen LogP) is 2.44. The van der Waals surface area contributed by atoms with Crippen molar-refractivity contribution in [2.75, 3.05) is 13.1 Å². The molecule has 1 aliphatic heterocycles. The molecule has 1 unspecified atom stereocenters. The standard InChI is InChI=1S/C17H25N3O2/c1-2-6-16(21)19-13-17(22)20-12-5-3-4-7-15(20)14-8-10-18-11-9-14/h8-11,15H,2-7,12-13H2,1H3,(H,19,21). The van der Waals surface area contributed by atoms with Gasteiger partial charge in [-0.05, 0) is 37.0 Å². The van der Waals surface area contributed by atoms with E-state index in [0.29, 0.717) is 6.42 Å². The van der Waals surface area contributed by atoms with E-state index in [1.165, 1.54) is 0 Å². The van der Waals surface area contributed by atoms with Crippen LogP contribution in [0.5, 0.6) is 0 Å². The van der Waals surface area contributed by atoms with Crippen LogP contribution >= 0.6 is 0 Å². The Morgan fingerprint density at radius 3 is 2.77 bits per heavy atom. The largest absolute Gasteiger partial charge is 0.347 e. The minimum atomic E-state index is -0.0499. The molecule has 1 saturated heterocycles. The molecule has 0 aliphatic carbocycles. The van der Waals surface area contributed by atoms with Crippen LogP contribution in [-0.4, -0.2) is 34.8 Å². The second kappa shape index (κ2) is 8.51. The van der Waals surface area contributed by atoms with Gasteiger partial charge in [-0.3, -0.25) is 14.6 Å². The van der Waals surface area contributed by atoms with Gasteiger partial charge in [-0.1, -0.05) is 19.8 Å². The maximum absolute atomic E-state index is 12.5. The molecular weight excluding hydrogens is 278 g/mol. The number of carbonyl (C=O) groups excluding carboxylic acids is 2. The van der Waals surface area contributed by atoms with Gasteiger partial charge in [0.15, 0.2) is 0 Å². The molecule has 120 valence electrons. The van der Waals surface area contributed by atoms with E-state index in [9.17, 15) is 9.59 Å². The van der Waals surface area contributed by atoms with Gasteiger partial charge in [0.05, 0.1) is 12.6 Å². The fourth-order valence-corrected chi connectivity index (χ4v) is 2.93. The molecule has 1 fully saturated rings. The van der Waals surface area contributed by atoms with Crippen LogP contribution in [0, 0.1) is 0 Å². The number of hydrogen-bond donors (Lipinski definition) is 1. The Balaban J connectivity index is 2.03. The van der Waals surface area contributed by atoms with E-state index >= 15 is 0 Å². The highest BCUT2D eigenvalue weighted by Gasteiger charge is 2.26. The summed E-state index contributed by atoms with van der Waals surface area (Å²) in [5.41, 5.74) is 1.13. The maximum Gasteiger partial charge on any atom is 0.242 e. The van der Waals surface area contributed by atoms with Crippen molar-refractivity contribution in [3.05, 3.63) is 30.1 Å². The Bertz CT molecular complexity index is 490. The summed E-state index contributed by atoms with van der Waals surface area (Å²) >= 11 is 0. The molecule has 1 aromatic heterocycles. The first-order valence-electron chi connectivity index (χ1n) is 8.18. The molecule has 5 nitrogen and oxygen atoms in total. The molecular formula is C17H25N3O2. The molecule has 0 aromatic carbocycles. The van der Waals surface area contributed by atoms with E-state index in [2.05, 4.69) is 10.3 Å². The third-order valence-electron chi connectivity index (χ3n) is 4.08. The van der Waals surface area contributed by atoms with Crippen LogP contribution in [0.2, 0.25) is 0 Å².